The van der Waals surface area contributed by atoms with Gasteiger partial charge < -0.3 is 15.4 Å². The Bertz CT molecular complexity index is 1210. The molecular weight excluding hydrogens is 422 g/mol. The lowest BCUT2D eigenvalue weighted by Crippen LogP contribution is -2.43. The average Bonchev–Trinajstić information content (AvgIpc) is 2.76. The Morgan fingerprint density at radius 3 is 2.36 bits per heavy atom. The van der Waals surface area contributed by atoms with Gasteiger partial charge in [0.15, 0.2) is 5.69 Å². The molecule has 0 spiro atoms. The lowest BCUT2D eigenvalue weighted by molar-refractivity contribution is 0.0983. The summed E-state index contributed by atoms with van der Waals surface area (Å²) >= 11 is 0. The first-order chi connectivity index (χ1) is 15.7. The first kappa shape index (κ1) is 23.8. The Balaban J connectivity index is 1.97. The summed E-state index contributed by atoms with van der Waals surface area (Å²) < 4.78 is 7.02. The fraction of sp³-hybridized carbons (Fsp3) is 0.333. The van der Waals surface area contributed by atoms with E-state index in [1.54, 1.807) is 48.8 Å². The molecule has 3 N–H and O–H groups in total. The maximum Gasteiger partial charge on any atom is 0.330 e. The molecule has 3 rings (SSSR count). The molecule has 2 heterocycles. The molecule has 33 heavy (non-hydrogen) atoms. The number of nitrogens with two attached hydrogens (primary N) is 1. The molecule has 0 unspecified atom stereocenters. The average molecular weight is 452 g/mol. The van der Waals surface area contributed by atoms with Gasteiger partial charge in [-0.05, 0) is 48.2 Å². The highest BCUT2D eigenvalue weighted by atomic mass is 16.5. The summed E-state index contributed by atoms with van der Waals surface area (Å²) in [5.41, 5.74) is 5.31. The summed E-state index contributed by atoms with van der Waals surface area (Å²) in [4.78, 5) is 46.2. The number of rotatable bonds is 8. The van der Waals surface area contributed by atoms with E-state index >= 15 is 0 Å². The Labute approximate surface area is 191 Å². The Kier molecular flexibility index (Phi) is 7.32. The van der Waals surface area contributed by atoms with Crippen LogP contribution < -0.4 is 26.6 Å². The number of aromatic amines is 1. The molecule has 1 aromatic carbocycles. The summed E-state index contributed by atoms with van der Waals surface area (Å²) in [5.74, 6) is 0.853. The van der Waals surface area contributed by atoms with E-state index in [-0.39, 0.29) is 29.9 Å². The van der Waals surface area contributed by atoms with Gasteiger partial charge >= 0.3 is 5.69 Å². The van der Waals surface area contributed by atoms with Crippen LogP contribution in [0.1, 0.15) is 38.1 Å². The van der Waals surface area contributed by atoms with Crippen LogP contribution in [0.3, 0.4) is 0 Å². The van der Waals surface area contributed by atoms with Crippen LogP contribution in [0, 0.1) is 11.8 Å². The van der Waals surface area contributed by atoms with Gasteiger partial charge in [0.1, 0.15) is 17.3 Å². The van der Waals surface area contributed by atoms with Crippen molar-refractivity contribution in [3.8, 4) is 11.5 Å². The van der Waals surface area contributed by atoms with Gasteiger partial charge in [-0.2, -0.15) is 0 Å². The van der Waals surface area contributed by atoms with Crippen LogP contribution in [0.25, 0.3) is 0 Å². The van der Waals surface area contributed by atoms with Crippen molar-refractivity contribution in [3.63, 3.8) is 0 Å². The second-order valence-electron chi connectivity index (χ2n) is 8.62. The number of ether oxygens (including phenoxy) is 1. The Morgan fingerprint density at radius 2 is 1.79 bits per heavy atom. The third kappa shape index (κ3) is 5.68. The number of anilines is 2. The van der Waals surface area contributed by atoms with Crippen LogP contribution in [0.2, 0.25) is 0 Å². The predicted molar refractivity (Wildman–Crippen MR) is 128 cm³/mol. The van der Waals surface area contributed by atoms with Crippen molar-refractivity contribution >= 4 is 17.4 Å². The second-order valence-corrected chi connectivity index (χ2v) is 8.62. The van der Waals surface area contributed by atoms with E-state index in [4.69, 9.17) is 10.5 Å². The van der Waals surface area contributed by atoms with Crippen molar-refractivity contribution in [2.24, 2.45) is 11.8 Å². The predicted octanol–water partition coefficient (Wildman–Crippen LogP) is 3.26. The van der Waals surface area contributed by atoms with E-state index in [1.165, 1.54) is 9.47 Å². The Morgan fingerprint density at radius 1 is 1.09 bits per heavy atom. The summed E-state index contributed by atoms with van der Waals surface area (Å²) in [6.07, 6.45) is 3.24. The summed E-state index contributed by atoms with van der Waals surface area (Å²) in [7, 11) is 0. The van der Waals surface area contributed by atoms with Gasteiger partial charge in [0, 0.05) is 24.8 Å². The van der Waals surface area contributed by atoms with E-state index in [0.717, 1.165) is 0 Å². The standard InChI is InChI=1S/C24H29N5O4/c1-15(2)13-28(20-21(25)29(14-16(3)4)24(32)27-22(20)30)23(31)17-7-9-18(10-8-17)33-19-6-5-11-26-12-19/h5-12,15-16H,13-14,25H2,1-4H3,(H,27,30,32). The highest BCUT2D eigenvalue weighted by molar-refractivity contribution is 6.07. The highest BCUT2D eigenvalue weighted by Gasteiger charge is 2.26. The van der Waals surface area contributed by atoms with Gasteiger partial charge in [0.05, 0.1) is 6.20 Å². The quantitative estimate of drug-likeness (QED) is 0.542. The second kappa shape index (κ2) is 10.2. The van der Waals surface area contributed by atoms with Gasteiger partial charge in [-0.3, -0.25) is 24.1 Å². The molecule has 0 aliphatic carbocycles. The van der Waals surface area contributed by atoms with Crippen molar-refractivity contribution in [3.05, 3.63) is 75.2 Å². The van der Waals surface area contributed by atoms with Gasteiger partial charge in [-0.25, -0.2) is 4.79 Å². The van der Waals surface area contributed by atoms with Crippen molar-refractivity contribution < 1.29 is 9.53 Å². The van der Waals surface area contributed by atoms with Crippen LogP contribution in [0.5, 0.6) is 11.5 Å². The fourth-order valence-electron chi connectivity index (χ4n) is 3.39. The number of amides is 1. The molecular formula is C24H29N5O4. The number of carbonyl (C=O) groups excluding carboxylic acids is 1. The highest BCUT2D eigenvalue weighted by Crippen LogP contribution is 2.24. The summed E-state index contributed by atoms with van der Waals surface area (Å²) in [6.45, 7) is 8.30. The molecule has 9 heteroatoms. The number of pyridine rings is 1. The number of nitrogen functional groups attached to an aromatic ring is 1. The smallest absolute Gasteiger partial charge is 0.330 e. The van der Waals surface area contributed by atoms with Crippen LogP contribution in [-0.2, 0) is 6.54 Å². The minimum atomic E-state index is -0.692. The molecule has 0 atom stereocenters. The van der Waals surface area contributed by atoms with E-state index in [2.05, 4.69) is 9.97 Å². The van der Waals surface area contributed by atoms with Crippen LogP contribution in [-0.4, -0.2) is 27.0 Å². The molecule has 2 aromatic heterocycles. The summed E-state index contributed by atoms with van der Waals surface area (Å²) in [6, 6.07) is 10.1. The first-order valence-electron chi connectivity index (χ1n) is 10.8. The largest absolute Gasteiger partial charge is 0.456 e. The molecule has 0 fully saturated rings. The van der Waals surface area contributed by atoms with Gasteiger partial charge in [-0.15, -0.1) is 0 Å². The van der Waals surface area contributed by atoms with Crippen LogP contribution >= 0.6 is 0 Å². The normalized spacial score (nSPS) is 11.1. The maximum atomic E-state index is 13.5. The number of aromatic nitrogens is 3. The number of hydrogen-bond donors (Lipinski definition) is 2. The van der Waals surface area contributed by atoms with Gasteiger partial charge in [0.25, 0.3) is 11.5 Å². The SMILES string of the molecule is CC(C)CN(C(=O)c1ccc(Oc2cccnc2)cc1)c1c(N)n(CC(C)C)c(=O)[nH]c1=O. The number of nitrogens with one attached hydrogen (secondary N) is 1. The Hall–Kier alpha value is -3.88. The molecule has 174 valence electrons. The zero-order chi connectivity index (χ0) is 24.1. The minimum absolute atomic E-state index is 0.0235. The number of benzene rings is 1. The number of hydrogen-bond acceptors (Lipinski definition) is 6. The van der Waals surface area contributed by atoms with E-state index < -0.39 is 17.2 Å². The lowest BCUT2D eigenvalue weighted by Gasteiger charge is -2.26. The molecule has 3 aromatic rings. The molecule has 1 amide bonds. The third-order valence-electron chi connectivity index (χ3n) is 4.80. The molecule has 0 radical (unpaired) electrons. The van der Waals surface area contributed by atoms with Crippen molar-refractivity contribution in [1.82, 2.24) is 14.5 Å². The number of nitrogens with zero attached hydrogens (tertiary/aromatic N) is 3. The molecule has 9 nitrogen and oxygen atoms in total. The minimum Gasteiger partial charge on any atom is -0.456 e. The van der Waals surface area contributed by atoms with Crippen LogP contribution in [0.4, 0.5) is 11.5 Å². The number of carbonyl (C=O) groups is 1. The van der Waals surface area contributed by atoms with Gasteiger partial charge in [0.2, 0.25) is 0 Å². The van der Waals surface area contributed by atoms with E-state index in [9.17, 15) is 14.4 Å². The monoisotopic (exact) mass is 451 g/mol. The molecule has 0 aliphatic rings. The van der Waals surface area contributed by atoms with Crippen molar-refractivity contribution in [2.45, 2.75) is 34.2 Å². The topological polar surface area (TPSA) is 123 Å². The van der Waals surface area contributed by atoms with Gasteiger partial charge in [-0.1, -0.05) is 27.7 Å². The zero-order valence-corrected chi connectivity index (χ0v) is 19.2. The van der Waals surface area contributed by atoms with E-state index in [0.29, 0.717) is 23.6 Å². The van der Waals surface area contributed by atoms with Crippen molar-refractivity contribution in [2.75, 3.05) is 17.2 Å². The number of H-pyrrole nitrogens is 1. The summed E-state index contributed by atoms with van der Waals surface area (Å²) in [5, 5.41) is 0. The lowest BCUT2D eigenvalue weighted by atomic mass is 10.1. The fourth-order valence-corrected chi connectivity index (χ4v) is 3.39. The van der Waals surface area contributed by atoms with E-state index in [1.807, 2.05) is 27.7 Å². The molecule has 0 saturated heterocycles. The molecule has 0 bridgehead atoms. The van der Waals surface area contributed by atoms with Crippen molar-refractivity contribution in [1.29, 1.82) is 0 Å². The third-order valence-corrected chi connectivity index (χ3v) is 4.80. The van der Waals surface area contributed by atoms with Crippen LogP contribution in [0.15, 0.2) is 58.4 Å². The molecule has 0 aliphatic heterocycles. The molecule has 0 saturated carbocycles. The zero-order valence-electron chi connectivity index (χ0n) is 19.2. The first-order valence-corrected chi connectivity index (χ1v) is 10.8. The maximum absolute atomic E-state index is 13.5.